The van der Waals surface area contributed by atoms with Crippen LogP contribution in [0.3, 0.4) is 0 Å². The summed E-state index contributed by atoms with van der Waals surface area (Å²) in [4.78, 5) is 0. The van der Waals surface area contributed by atoms with Crippen LogP contribution in [-0.4, -0.2) is 21.8 Å². The van der Waals surface area contributed by atoms with Crippen LogP contribution < -0.4 is 5.32 Å². The molecular formula is C12H15ClFNOS. The van der Waals surface area contributed by atoms with Crippen LogP contribution in [0.15, 0.2) is 18.2 Å². The van der Waals surface area contributed by atoms with Crippen molar-refractivity contribution < 1.29 is 8.60 Å². The van der Waals surface area contributed by atoms with Gasteiger partial charge in [-0.3, -0.25) is 4.21 Å². The van der Waals surface area contributed by atoms with E-state index < -0.39 is 10.8 Å². The number of hydrogen-bond acceptors (Lipinski definition) is 2. The van der Waals surface area contributed by atoms with Crippen LogP contribution in [0.1, 0.15) is 18.4 Å². The fourth-order valence-electron chi connectivity index (χ4n) is 1.91. The Balaban J connectivity index is 1.85. The molecule has 94 valence electrons. The maximum absolute atomic E-state index is 13.2. The first-order valence-electron chi connectivity index (χ1n) is 5.67. The fraction of sp³-hybridized carbons (Fsp3) is 0.500. The van der Waals surface area contributed by atoms with E-state index in [1.165, 1.54) is 6.07 Å². The number of hydrogen-bond donors (Lipinski definition) is 1. The van der Waals surface area contributed by atoms with E-state index in [0.29, 0.717) is 12.6 Å². The largest absolute Gasteiger partial charge is 0.310 e. The molecule has 0 saturated carbocycles. The topological polar surface area (TPSA) is 29.1 Å². The minimum absolute atomic E-state index is 0.154. The van der Waals surface area contributed by atoms with Gasteiger partial charge in [0.1, 0.15) is 5.82 Å². The van der Waals surface area contributed by atoms with E-state index in [9.17, 15) is 8.60 Å². The third-order valence-electron chi connectivity index (χ3n) is 2.97. The van der Waals surface area contributed by atoms with E-state index >= 15 is 0 Å². The van der Waals surface area contributed by atoms with Crippen molar-refractivity contribution in [2.45, 2.75) is 25.4 Å². The van der Waals surface area contributed by atoms with Crippen molar-refractivity contribution in [2.24, 2.45) is 0 Å². The van der Waals surface area contributed by atoms with Crippen molar-refractivity contribution in [3.8, 4) is 0 Å². The van der Waals surface area contributed by atoms with Gasteiger partial charge in [0, 0.05) is 34.9 Å². The maximum atomic E-state index is 13.2. The maximum Gasteiger partial charge on any atom is 0.142 e. The quantitative estimate of drug-likeness (QED) is 0.918. The lowest BCUT2D eigenvalue weighted by molar-refractivity contribution is 0.474. The summed E-state index contributed by atoms with van der Waals surface area (Å²) < 4.78 is 24.4. The SMILES string of the molecule is O=S1CCC(NCc2ccc(Cl)c(F)c2)CC1. The van der Waals surface area contributed by atoms with Gasteiger partial charge in [0.15, 0.2) is 0 Å². The standard InChI is InChI=1S/C12H15ClFNOS/c13-11-2-1-9(7-12(11)14)8-15-10-3-5-17(16)6-4-10/h1-2,7,10,15H,3-6,8H2. The number of nitrogens with one attached hydrogen (secondary N) is 1. The highest BCUT2D eigenvalue weighted by molar-refractivity contribution is 7.85. The second kappa shape index (κ2) is 5.94. The highest BCUT2D eigenvalue weighted by Crippen LogP contribution is 2.16. The van der Waals surface area contributed by atoms with Crippen LogP contribution in [0, 0.1) is 5.82 Å². The summed E-state index contributed by atoms with van der Waals surface area (Å²) in [5.41, 5.74) is 0.888. The molecule has 1 saturated heterocycles. The molecule has 0 atom stereocenters. The predicted octanol–water partition coefficient (Wildman–Crippen LogP) is 2.48. The molecule has 1 aliphatic heterocycles. The molecular weight excluding hydrogens is 261 g/mol. The Morgan fingerprint density at radius 2 is 2.12 bits per heavy atom. The Bertz CT molecular complexity index is 417. The highest BCUT2D eigenvalue weighted by Gasteiger charge is 2.17. The molecule has 0 spiro atoms. The van der Waals surface area contributed by atoms with Crippen molar-refractivity contribution >= 4 is 22.4 Å². The van der Waals surface area contributed by atoms with Crippen LogP contribution in [0.4, 0.5) is 4.39 Å². The van der Waals surface area contributed by atoms with Gasteiger partial charge in [0.2, 0.25) is 0 Å². The van der Waals surface area contributed by atoms with Crippen LogP contribution in [0.5, 0.6) is 0 Å². The minimum atomic E-state index is -0.633. The molecule has 0 amide bonds. The normalized spacial score (nSPS) is 24.8. The summed E-state index contributed by atoms with van der Waals surface area (Å²) in [6.45, 7) is 0.630. The van der Waals surface area contributed by atoms with E-state index in [2.05, 4.69) is 5.32 Å². The molecule has 1 aliphatic rings. The third-order valence-corrected chi connectivity index (χ3v) is 4.66. The molecule has 1 fully saturated rings. The van der Waals surface area contributed by atoms with Gasteiger partial charge in [-0.05, 0) is 30.5 Å². The first-order valence-corrected chi connectivity index (χ1v) is 7.54. The zero-order valence-corrected chi connectivity index (χ0v) is 11.0. The Morgan fingerprint density at radius 1 is 1.41 bits per heavy atom. The number of rotatable bonds is 3. The molecule has 0 aromatic heterocycles. The molecule has 5 heteroatoms. The van der Waals surface area contributed by atoms with E-state index in [-0.39, 0.29) is 10.8 Å². The average molecular weight is 276 g/mol. The molecule has 1 aromatic rings. The van der Waals surface area contributed by atoms with Crippen molar-refractivity contribution in [3.63, 3.8) is 0 Å². The molecule has 2 rings (SSSR count). The minimum Gasteiger partial charge on any atom is -0.310 e. The van der Waals surface area contributed by atoms with Gasteiger partial charge in [-0.2, -0.15) is 0 Å². The van der Waals surface area contributed by atoms with Crippen molar-refractivity contribution in [3.05, 3.63) is 34.6 Å². The second-order valence-electron chi connectivity index (χ2n) is 4.25. The Morgan fingerprint density at radius 3 is 2.76 bits per heavy atom. The Kier molecular flexibility index (Phi) is 4.54. The van der Waals surface area contributed by atoms with E-state index in [4.69, 9.17) is 11.6 Å². The lowest BCUT2D eigenvalue weighted by Crippen LogP contribution is -2.35. The summed E-state index contributed by atoms with van der Waals surface area (Å²) in [5.74, 6) is 1.16. The summed E-state index contributed by atoms with van der Waals surface area (Å²) >= 11 is 5.62. The summed E-state index contributed by atoms with van der Waals surface area (Å²) in [6, 6.07) is 5.24. The highest BCUT2D eigenvalue weighted by atomic mass is 35.5. The van der Waals surface area contributed by atoms with Gasteiger partial charge < -0.3 is 5.32 Å². The zero-order valence-electron chi connectivity index (χ0n) is 9.42. The molecule has 0 aliphatic carbocycles. The van der Waals surface area contributed by atoms with Gasteiger partial charge in [0.25, 0.3) is 0 Å². The third kappa shape index (κ3) is 3.76. The molecule has 0 unspecified atom stereocenters. The van der Waals surface area contributed by atoms with Crippen LogP contribution in [0.25, 0.3) is 0 Å². The Labute approximate surface area is 108 Å². The summed E-state index contributed by atoms with van der Waals surface area (Å²) in [7, 11) is -0.633. The van der Waals surface area contributed by atoms with Gasteiger partial charge in [-0.15, -0.1) is 0 Å². The van der Waals surface area contributed by atoms with Gasteiger partial charge in [-0.1, -0.05) is 17.7 Å². The van der Waals surface area contributed by atoms with Crippen LogP contribution >= 0.6 is 11.6 Å². The average Bonchev–Trinajstić information content (AvgIpc) is 2.33. The second-order valence-corrected chi connectivity index (χ2v) is 6.36. The van der Waals surface area contributed by atoms with Crippen molar-refractivity contribution in [1.29, 1.82) is 0 Å². The monoisotopic (exact) mass is 275 g/mol. The van der Waals surface area contributed by atoms with Gasteiger partial charge >= 0.3 is 0 Å². The predicted molar refractivity (Wildman–Crippen MR) is 69.1 cm³/mol. The lowest BCUT2D eigenvalue weighted by atomic mass is 10.1. The number of halogens is 2. The Hall–Kier alpha value is -0.450. The molecule has 1 aromatic carbocycles. The van der Waals surface area contributed by atoms with Crippen LogP contribution in [-0.2, 0) is 17.3 Å². The fourth-order valence-corrected chi connectivity index (χ4v) is 3.33. The lowest BCUT2D eigenvalue weighted by Gasteiger charge is -2.22. The first kappa shape index (κ1) is 13.0. The summed E-state index contributed by atoms with van der Waals surface area (Å²) in [5, 5.41) is 3.52. The first-order chi connectivity index (χ1) is 8.15. The molecule has 0 radical (unpaired) electrons. The molecule has 2 nitrogen and oxygen atoms in total. The smallest absolute Gasteiger partial charge is 0.142 e. The number of benzene rings is 1. The van der Waals surface area contributed by atoms with E-state index in [1.54, 1.807) is 6.07 Å². The molecule has 0 bridgehead atoms. The van der Waals surface area contributed by atoms with Gasteiger partial charge in [-0.25, -0.2) is 4.39 Å². The molecule has 1 heterocycles. The van der Waals surface area contributed by atoms with Crippen molar-refractivity contribution in [2.75, 3.05) is 11.5 Å². The van der Waals surface area contributed by atoms with E-state index in [1.807, 2.05) is 6.07 Å². The van der Waals surface area contributed by atoms with E-state index in [0.717, 1.165) is 29.9 Å². The summed E-state index contributed by atoms with van der Waals surface area (Å²) in [6.07, 6.45) is 1.87. The molecule has 17 heavy (non-hydrogen) atoms. The van der Waals surface area contributed by atoms with Crippen molar-refractivity contribution in [1.82, 2.24) is 5.32 Å². The zero-order chi connectivity index (χ0) is 12.3. The van der Waals surface area contributed by atoms with Gasteiger partial charge in [0.05, 0.1) is 5.02 Å². The van der Waals surface area contributed by atoms with Crippen LogP contribution in [0.2, 0.25) is 5.02 Å². The molecule has 1 N–H and O–H groups in total.